The van der Waals surface area contributed by atoms with E-state index in [1.165, 1.54) is 0 Å². The molecule has 4 heteroatoms. The van der Waals surface area contributed by atoms with E-state index < -0.39 is 0 Å². The molecule has 21 heavy (non-hydrogen) atoms. The van der Waals surface area contributed by atoms with Crippen LogP contribution < -0.4 is 11.3 Å². The molecule has 3 nitrogen and oxygen atoms in total. The molecule has 0 fully saturated rings. The van der Waals surface area contributed by atoms with Gasteiger partial charge in [0, 0.05) is 16.6 Å². The topological polar surface area (TPSA) is 50.9 Å². The van der Waals surface area contributed by atoms with Crippen LogP contribution in [-0.4, -0.2) is 4.98 Å². The van der Waals surface area contributed by atoms with Gasteiger partial charge in [0.2, 0.25) is 0 Å². The summed E-state index contributed by atoms with van der Waals surface area (Å²) in [7, 11) is 0. The maximum absolute atomic E-state index is 6.11. The molecule has 0 saturated heterocycles. The summed E-state index contributed by atoms with van der Waals surface area (Å²) < 4.78 is 0. The van der Waals surface area contributed by atoms with Gasteiger partial charge in [0.1, 0.15) is 0 Å². The van der Waals surface area contributed by atoms with Crippen molar-refractivity contribution in [1.82, 2.24) is 10.4 Å². The highest BCUT2D eigenvalue weighted by Gasteiger charge is 2.16. The minimum absolute atomic E-state index is 0.103. The molecular weight excluding hydrogens is 282 g/mol. The standard InChI is InChI=1S/C17H16ClN3/c1-11-10-12(7-8-15(11)18)17(21-19)14-4-2-6-16-13(14)5-3-9-20-16/h2-10,17,21H,19H2,1H3. The van der Waals surface area contributed by atoms with Gasteiger partial charge < -0.3 is 0 Å². The smallest absolute Gasteiger partial charge is 0.0716 e. The molecule has 0 saturated carbocycles. The van der Waals surface area contributed by atoms with Crippen LogP contribution in [0.15, 0.2) is 54.7 Å². The first kappa shape index (κ1) is 14.0. The lowest BCUT2D eigenvalue weighted by molar-refractivity contribution is 0.640. The van der Waals surface area contributed by atoms with Crippen molar-refractivity contribution in [1.29, 1.82) is 0 Å². The fourth-order valence-electron chi connectivity index (χ4n) is 2.59. The number of hydrogen-bond donors (Lipinski definition) is 2. The number of nitrogens with one attached hydrogen (secondary N) is 1. The largest absolute Gasteiger partial charge is 0.271 e. The highest BCUT2D eigenvalue weighted by atomic mass is 35.5. The zero-order valence-corrected chi connectivity index (χ0v) is 12.4. The third-order valence-corrected chi connectivity index (χ3v) is 4.10. The van der Waals surface area contributed by atoms with Crippen molar-refractivity contribution >= 4 is 22.5 Å². The predicted molar refractivity (Wildman–Crippen MR) is 87.1 cm³/mol. The monoisotopic (exact) mass is 297 g/mol. The van der Waals surface area contributed by atoms with Crippen LogP contribution in [0.1, 0.15) is 22.7 Å². The van der Waals surface area contributed by atoms with Crippen molar-refractivity contribution in [3.8, 4) is 0 Å². The molecule has 3 aromatic rings. The van der Waals surface area contributed by atoms with Crippen molar-refractivity contribution in [2.45, 2.75) is 13.0 Å². The van der Waals surface area contributed by atoms with Crippen LogP contribution in [0.3, 0.4) is 0 Å². The first-order valence-electron chi connectivity index (χ1n) is 6.76. The fraction of sp³-hybridized carbons (Fsp3) is 0.118. The van der Waals surface area contributed by atoms with E-state index in [-0.39, 0.29) is 6.04 Å². The van der Waals surface area contributed by atoms with Crippen LogP contribution in [0.2, 0.25) is 5.02 Å². The van der Waals surface area contributed by atoms with Gasteiger partial charge in [0.05, 0.1) is 11.6 Å². The number of aromatic nitrogens is 1. The molecule has 3 N–H and O–H groups in total. The number of hydrogen-bond acceptors (Lipinski definition) is 3. The molecule has 1 heterocycles. The van der Waals surface area contributed by atoms with E-state index in [0.29, 0.717) is 0 Å². The van der Waals surface area contributed by atoms with E-state index >= 15 is 0 Å². The Morgan fingerprint density at radius 2 is 2.00 bits per heavy atom. The van der Waals surface area contributed by atoms with Gasteiger partial charge in [0.25, 0.3) is 0 Å². The number of benzene rings is 2. The molecule has 0 radical (unpaired) electrons. The number of rotatable bonds is 3. The number of hydrazine groups is 1. The van der Waals surface area contributed by atoms with Gasteiger partial charge in [-0.2, -0.15) is 0 Å². The van der Waals surface area contributed by atoms with Gasteiger partial charge in [-0.15, -0.1) is 0 Å². The zero-order chi connectivity index (χ0) is 14.8. The third-order valence-electron chi connectivity index (χ3n) is 3.67. The first-order valence-corrected chi connectivity index (χ1v) is 7.14. The number of pyridine rings is 1. The van der Waals surface area contributed by atoms with Gasteiger partial charge in [-0.25, -0.2) is 5.43 Å². The second-order valence-electron chi connectivity index (χ2n) is 5.03. The van der Waals surface area contributed by atoms with E-state index in [1.807, 2.05) is 37.3 Å². The van der Waals surface area contributed by atoms with Crippen molar-refractivity contribution in [2.24, 2.45) is 5.84 Å². The molecule has 1 atom stereocenters. The lowest BCUT2D eigenvalue weighted by Gasteiger charge is -2.19. The first-order chi connectivity index (χ1) is 10.2. The maximum atomic E-state index is 6.11. The van der Waals surface area contributed by atoms with Gasteiger partial charge in [-0.05, 0) is 41.8 Å². The van der Waals surface area contributed by atoms with Gasteiger partial charge in [-0.3, -0.25) is 10.8 Å². The second-order valence-corrected chi connectivity index (χ2v) is 5.43. The lowest BCUT2D eigenvalue weighted by atomic mass is 9.95. The summed E-state index contributed by atoms with van der Waals surface area (Å²) in [6.07, 6.45) is 1.80. The van der Waals surface area contributed by atoms with Crippen LogP contribution in [-0.2, 0) is 0 Å². The third kappa shape index (κ3) is 2.63. The van der Waals surface area contributed by atoms with Crippen molar-refractivity contribution in [3.05, 3.63) is 76.4 Å². The Kier molecular flexibility index (Phi) is 3.88. The molecule has 1 aromatic heterocycles. The summed E-state index contributed by atoms with van der Waals surface area (Å²) in [4.78, 5) is 4.39. The van der Waals surface area contributed by atoms with Crippen LogP contribution in [0.25, 0.3) is 10.9 Å². The average molecular weight is 298 g/mol. The normalized spacial score (nSPS) is 12.5. The summed E-state index contributed by atoms with van der Waals surface area (Å²) >= 11 is 6.11. The highest BCUT2D eigenvalue weighted by molar-refractivity contribution is 6.31. The summed E-state index contributed by atoms with van der Waals surface area (Å²) in [5.41, 5.74) is 7.08. The Labute approximate surface area is 128 Å². The average Bonchev–Trinajstić information content (AvgIpc) is 2.52. The van der Waals surface area contributed by atoms with Crippen LogP contribution in [0.5, 0.6) is 0 Å². The van der Waals surface area contributed by atoms with Crippen LogP contribution in [0, 0.1) is 6.92 Å². The Morgan fingerprint density at radius 1 is 1.14 bits per heavy atom. The van der Waals surface area contributed by atoms with Crippen LogP contribution in [0.4, 0.5) is 0 Å². The number of fused-ring (bicyclic) bond motifs is 1. The molecule has 0 amide bonds. The Bertz CT molecular complexity index is 781. The summed E-state index contributed by atoms with van der Waals surface area (Å²) in [5, 5.41) is 1.85. The van der Waals surface area contributed by atoms with Gasteiger partial charge in [-0.1, -0.05) is 41.9 Å². The van der Waals surface area contributed by atoms with E-state index in [0.717, 1.165) is 32.6 Å². The Morgan fingerprint density at radius 3 is 2.76 bits per heavy atom. The van der Waals surface area contributed by atoms with Crippen molar-refractivity contribution < 1.29 is 0 Å². The molecule has 1 unspecified atom stereocenters. The van der Waals surface area contributed by atoms with Gasteiger partial charge >= 0.3 is 0 Å². The quantitative estimate of drug-likeness (QED) is 0.572. The fourth-order valence-corrected chi connectivity index (χ4v) is 2.71. The molecule has 0 spiro atoms. The minimum Gasteiger partial charge on any atom is -0.271 e. The predicted octanol–water partition coefficient (Wildman–Crippen LogP) is 3.75. The zero-order valence-electron chi connectivity index (χ0n) is 11.7. The van der Waals surface area contributed by atoms with Crippen LogP contribution >= 0.6 is 11.6 Å². The Hall–Kier alpha value is -1.94. The molecule has 106 valence electrons. The molecule has 2 aromatic carbocycles. The number of aryl methyl sites for hydroxylation is 1. The molecule has 0 bridgehead atoms. The van der Waals surface area contributed by atoms with E-state index in [9.17, 15) is 0 Å². The minimum atomic E-state index is -0.103. The summed E-state index contributed by atoms with van der Waals surface area (Å²) in [5.74, 6) is 5.81. The second kappa shape index (κ2) is 5.82. The van der Waals surface area contributed by atoms with E-state index in [4.69, 9.17) is 17.4 Å². The molecule has 0 aliphatic carbocycles. The Balaban J connectivity index is 2.16. The van der Waals surface area contributed by atoms with Crippen molar-refractivity contribution in [3.63, 3.8) is 0 Å². The summed E-state index contributed by atoms with van der Waals surface area (Å²) in [6.45, 7) is 1.99. The van der Waals surface area contributed by atoms with E-state index in [1.54, 1.807) is 6.20 Å². The number of nitrogens with two attached hydrogens (primary N) is 1. The SMILES string of the molecule is Cc1cc(C(NN)c2cccc3ncccc23)ccc1Cl. The summed E-state index contributed by atoms with van der Waals surface area (Å²) in [6, 6.07) is 15.9. The molecular formula is C17H16ClN3. The molecule has 0 aliphatic rings. The number of halogens is 1. The number of nitrogens with zero attached hydrogens (tertiary/aromatic N) is 1. The maximum Gasteiger partial charge on any atom is 0.0716 e. The molecule has 3 rings (SSSR count). The highest BCUT2D eigenvalue weighted by Crippen LogP contribution is 2.29. The van der Waals surface area contributed by atoms with Crippen molar-refractivity contribution in [2.75, 3.05) is 0 Å². The molecule has 0 aliphatic heterocycles. The van der Waals surface area contributed by atoms with E-state index in [2.05, 4.69) is 28.6 Å². The lowest BCUT2D eigenvalue weighted by Crippen LogP contribution is -2.29. The van der Waals surface area contributed by atoms with Gasteiger partial charge in [0.15, 0.2) is 0 Å².